The van der Waals surface area contributed by atoms with Gasteiger partial charge in [0.25, 0.3) is 0 Å². The smallest absolute Gasteiger partial charge is 0.160 e. The van der Waals surface area contributed by atoms with Crippen LogP contribution in [0.5, 0.6) is 0 Å². The summed E-state index contributed by atoms with van der Waals surface area (Å²) >= 11 is 0. The molecule has 0 atom stereocenters. The Labute approximate surface area is 325 Å². The highest BCUT2D eigenvalue weighted by molar-refractivity contribution is 6.25. The number of hydrogen-bond donors (Lipinski definition) is 0. The van der Waals surface area contributed by atoms with Gasteiger partial charge in [0.15, 0.2) is 5.82 Å². The van der Waals surface area contributed by atoms with Gasteiger partial charge in [-0.05, 0) is 101 Å². The quantitative estimate of drug-likeness (QED) is 0.166. The number of aromatic nitrogens is 2. The third-order valence-electron chi connectivity index (χ3n) is 11.3. The molecule has 2 nitrogen and oxygen atoms in total. The van der Waals surface area contributed by atoms with Crippen LogP contribution >= 0.6 is 0 Å². The summed E-state index contributed by atoms with van der Waals surface area (Å²) in [4.78, 5) is 10.5. The minimum Gasteiger partial charge on any atom is -0.228 e. The molecule has 0 unspecified atom stereocenters. The van der Waals surface area contributed by atoms with E-state index in [1.807, 2.05) is 0 Å². The van der Waals surface area contributed by atoms with Crippen molar-refractivity contribution < 1.29 is 0 Å². The summed E-state index contributed by atoms with van der Waals surface area (Å²) in [7, 11) is 0. The van der Waals surface area contributed by atoms with Crippen molar-refractivity contribution >= 4 is 54.0 Å². The molecule has 0 aliphatic heterocycles. The first-order valence-electron chi connectivity index (χ1n) is 19.2. The highest BCUT2D eigenvalue weighted by Crippen LogP contribution is 2.40. The first-order valence-corrected chi connectivity index (χ1v) is 19.2. The molecule has 0 spiro atoms. The predicted octanol–water partition coefficient (Wildman–Crippen LogP) is 14.6. The molecule has 10 aromatic carbocycles. The number of para-hydroxylation sites is 1. The van der Waals surface area contributed by atoms with Crippen molar-refractivity contribution in [2.75, 3.05) is 0 Å². The highest BCUT2D eigenvalue weighted by atomic mass is 14.9. The van der Waals surface area contributed by atoms with Gasteiger partial charge in [0.05, 0.1) is 11.2 Å². The summed E-state index contributed by atoms with van der Waals surface area (Å²) in [6, 6.07) is 74.0. The Morgan fingerprint density at radius 1 is 0.232 bits per heavy atom. The van der Waals surface area contributed by atoms with Crippen molar-refractivity contribution in [1.82, 2.24) is 9.97 Å². The van der Waals surface area contributed by atoms with Gasteiger partial charge in [0.2, 0.25) is 0 Å². The maximum atomic E-state index is 5.36. The summed E-state index contributed by atoms with van der Waals surface area (Å²) < 4.78 is 0. The zero-order valence-corrected chi connectivity index (χ0v) is 30.5. The number of rotatable bonds is 5. The number of nitrogens with zero attached hydrogens (tertiary/aromatic N) is 2. The normalized spacial score (nSPS) is 11.6. The van der Waals surface area contributed by atoms with E-state index < -0.39 is 0 Å². The fourth-order valence-electron chi connectivity index (χ4n) is 8.59. The van der Waals surface area contributed by atoms with Crippen LogP contribution < -0.4 is 0 Å². The SMILES string of the molecule is c1ccc(-c2ccc(-c3nc(-c4cccc(-c5cccc(-c6ccc7c8ccccc8c8ccccc8c7c6)c5)c4)nc4ccccc34)c3ccccc23)cc1. The van der Waals surface area contributed by atoms with Crippen molar-refractivity contribution in [1.29, 1.82) is 0 Å². The van der Waals surface area contributed by atoms with Gasteiger partial charge in [-0.25, -0.2) is 9.97 Å². The predicted molar refractivity (Wildman–Crippen MR) is 237 cm³/mol. The van der Waals surface area contributed by atoms with Crippen molar-refractivity contribution in [3.05, 3.63) is 206 Å². The van der Waals surface area contributed by atoms with Crippen LogP contribution in [0.2, 0.25) is 0 Å². The Kier molecular flexibility index (Phi) is 7.53. The maximum Gasteiger partial charge on any atom is 0.160 e. The number of hydrogen-bond acceptors (Lipinski definition) is 2. The molecule has 1 aromatic heterocycles. The van der Waals surface area contributed by atoms with Gasteiger partial charge in [-0.15, -0.1) is 0 Å². The zero-order chi connectivity index (χ0) is 37.0. The minimum atomic E-state index is 0.710. The maximum absolute atomic E-state index is 5.36. The molecule has 260 valence electrons. The number of fused-ring (bicyclic) bond motifs is 8. The van der Waals surface area contributed by atoms with Gasteiger partial charge in [0.1, 0.15) is 0 Å². The van der Waals surface area contributed by atoms with E-state index in [9.17, 15) is 0 Å². The molecule has 0 aliphatic carbocycles. The van der Waals surface area contributed by atoms with Crippen molar-refractivity contribution in [3.8, 4) is 56.0 Å². The second-order valence-corrected chi connectivity index (χ2v) is 14.5. The van der Waals surface area contributed by atoms with Crippen LogP contribution in [0.4, 0.5) is 0 Å². The van der Waals surface area contributed by atoms with Gasteiger partial charge >= 0.3 is 0 Å². The third kappa shape index (κ3) is 5.34. The molecule has 0 radical (unpaired) electrons. The first kappa shape index (κ1) is 32.0. The van der Waals surface area contributed by atoms with Crippen LogP contribution in [0, 0.1) is 0 Å². The molecular weight excluding hydrogens is 677 g/mol. The molecule has 2 heteroatoms. The van der Waals surface area contributed by atoms with Gasteiger partial charge in [0, 0.05) is 16.5 Å². The van der Waals surface area contributed by atoms with Gasteiger partial charge in [-0.2, -0.15) is 0 Å². The summed E-state index contributed by atoms with van der Waals surface area (Å²) in [5.41, 5.74) is 11.0. The molecule has 0 saturated carbocycles. The molecule has 56 heavy (non-hydrogen) atoms. The Morgan fingerprint density at radius 3 is 1.34 bits per heavy atom. The van der Waals surface area contributed by atoms with E-state index in [1.54, 1.807) is 0 Å². The Bertz CT molecular complexity index is 3270. The van der Waals surface area contributed by atoms with E-state index in [1.165, 1.54) is 65.3 Å². The van der Waals surface area contributed by atoms with E-state index in [0.717, 1.165) is 38.9 Å². The zero-order valence-electron chi connectivity index (χ0n) is 30.5. The minimum absolute atomic E-state index is 0.710. The van der Waals surface area contributed by atoms with Crippen LogP contribution in [0.25, 0.3) is 110 Å². The summed E-state index contributed by atoms with van der Waals surface area (Å²) in [6.07, 6.45) is 0. The van der Waals surface area contributed by atoms with Crippen molar-refractivity contribution in [2.24, 2.45) is 0 Å². The summed E-state index contributed by atoms with van der Waals surface area (Å²) in [5, 5.41) is 11.1. The fourth-order valence-corrected chi connectivity index (χ4v) is 8.59. The van der Waals surface area contributed by atoms with Gasteiger partial charge in [-0.1, -0.05) is 182 Å². The molecule has 1 heterocycles. The topological polar surface area (TPSA) is 25.8 Å². The third-order valence-corrected chi connectivity index (χ3v) is 11.3. The van der Waals surface area contributed by atoms with Crippen LogP contribution in [0.15, 0.2) is 206 Å². The lowest BCUT2D eigenvalue weighted by Crippen LogP contribution is -1.96. The Balaban J connectivity index is 1.02. The lowest BCUT2D eigenvalue weighted by Gasteiger charge is -2.15. The lowest BCUT2D eigenvalue weighted by molar-refractivity contribution is 1.23. The molecule has 0 aliphatic rings. The highest BCUT2D eigenvalue weighted by Gasteiger charge is 2.17. The molecule has 0 saturated heterocycles. The van der Waals surface area contributed by atoms with E-state index in [4.69, 9.17) is 9.97 Å². The Morgan fingerprint density at radius 2 is 0.679 bits per heavy atom. The largest absolute Gasteiger partial charge is 0.228 e. The van der Waals surface area contributed by atoms with Crippen LogP contribution in [0.1, 0.15) is 0 Å². The average Bonchev–Trinajstić information content (AvgIpc) is 3.28. The average molecular weight is 711 g/mol. The molecule has 11 aromatic rings. The van der Waals surface area contributed by atoms with E-state index in [0.29, 0.717) is 5.82 Å². The van der Waals surface area contributed by atoms with Crippen LogP contribution in [0.3, 0.4) is 0 Å². The molecule has 11 rings (SSSR count). The molecule has 0 N–H and O–H groups in total. The standard InChI is InChI=1S/C54H34N2/c1-2-14-35(15-3-1)41-30-31-49(46-24-8-4-20-42(41)46)53-50-26-10-11-27-52(50)55-54(56-53)40-19-13-18-38(33-40)36-16-12-17-37(32-36)39-28-29-48-45-23-6-5-21-43(45)44-22-7-9-25-47(44)51(48)34-39/h1-34H. The first-order chi connectivity index (χ1) is 27.8. The molecular formula is C54H34N2. The fraction of sp³-hybridized carbons (Fsp3) is 0. The van der Waals surface area contributed by atoms with Gasteiger partial charge in [-0.3, -0.25) is 0 Å². The van der Waals surface area contributed by atoms with Gasteiger partial charge < -0.3 is 0 Å². The second-order valence-electron chi connectivity index (χ2n) is 14.5. The number of benzene rings is 10. The molecule has 0 fully saturated rings. The van der Waals surface area contributed by atoms with E-state index in [-0.39, 0.29) is 0 Å². The molecule has 0 bridgehead atoms. The summed E-state index contributed by atoms with van der Waals surface area (Å²) in [5.74, 6) is 0.710. The molecule has 0 amide bonds. The second kappa shape index (κ2) is 13.2. The van der Waals surface area contributed by atoms with Crippen molar-refractivity contribution in [3.63, 3.8) is 0 Å². The Hall–Kier alpha value is -7.42. The van der Waals surface area contributed by atoms with Crippen molar-refractivity contribution in [2.45, 2.75) is 0 Å². The van der Waals surface area contributed by atoms with Crippen LogP contribution in [-0.4, -0.2) is 9.97 Å². The van der Waals surface area contributed by atoms with Crippen LogP contribution in [-0.2, 0) is 0 Å². The van der Waals surface area contributed by atoms with E-state index in [2.05, 4.69) is 206 Å². The summed E-state index contributed by atoms with van der Waals surface area (Å²) in [6.45, 7) is 0. The monoisotopic (exact) mass is 710 g/mol. The lowest BCUT2D eigenvalue weighted by atomic mass is 9.91. The van der Waals surface area contributed by atoms with E-state index >= 15 is 0 Å².